The second-order valence-electron chi connectivity index (χ2n) is 7.42. The lowest BCUT2D eigenvalue weighted by atomic mass is 10.1. The lowest BCUT2D eigenvalue weighted by Gasteiger charge is -2.14. The number of rotatable bonds is 8. The van der Waals surface area contributed by atoms with Crippen molar-refractivity contribution in [2.45, 2.75) is 32.1 Å². The molecule has 3 aromatic rings. The van der Waals surface area contributed by atoms with Gasteiger partial charge < -0.3 is 14.6 Å². The molecule has 0 radical (unpaired) electrons. The largest absolute Gasteiger partial charge is 0.447 e. The molecule has 0 unspecified atom stereocenters. The summed E-state index contributed by atoms with van der Waals surface area (Å²) in [5.41, 5.74) is 3.86. The number of hydrogen-bond donors (Lipinski definition) is 1. The van der Waals surface area contributed by atoms with E-state index in [1.165, 1.54) is 11.8 Å². The summed E-state index contributed by atoms with van der Waals surface area (Å²) in [6, 6.07) is 15.7. The zero-order chi connectivity index (χ0) is 22.5. The molecule has 0 spiro atoms. The van der Waals surface area contributed by atoms with Gasteiger partial charge in [-0.1, -0.05) is 47.7 Å². The maximum Gasteiger partial charge on any atom is 0.414 e. The van der Waals surface area contributed by atoms with E-state index in [0.29, 0.717) is 31.4 Å². The molecule has 0 saturated carbocycles. The van der Waals surface area contributed by atoms with Crippen LogP contribution in [-0.2, 0) is 22.6 Å². The molecule has 1 saturated heterocycles. The number of hydrogen-bond acceptors (Lipinski definition) is 6. The van der Waals surface area contributed by atoms with Gasteiger partial charge in [0.2, 0.25) is 5.91 Å². The number of nitrogens with one attached hydrogen (secondary N) is 1. The molecule has 32 heavy (non-hydrogen) atoms. The van der Waals surface area contributed by atoms with Crippen LogP contribution in [0.25, 0.3) is 11.4 Å². The second kappa shape index (κ2) is 9.86. The molecule has 2 amide bonds. The highest BCUT2D eigenvalue weighted by Crippen LogP contribution is 2.24. The molecular formula is C23H25N5O3S. The summed E-state index contributed by atoms with van der Waals surface area (Å²) in [6.07, 6.45) is -0.340. The summed E-state index contributed by atoms with van der Waals surface area (Å²) in [4.78, 5) is 25.8. The van der Waals surface area contributed by atoms with Crippen molar-refractivity contribution in [2.75, 3.05) is 23.8 Å². The number of anilines is 1. The number of cyclic esters (lactones) is 1. The van der Waals surface area contributed by atoms with Crippen LogP contribution in [0, 0.1) is 6.92 Å². The van der Waals surface area contributed by atoms with Crippen molar-refractivity contribution >= 4 is 29.4 Å². The van der Waals surface area contributed by atoms with Crippen molar-refractivity contribution in [3.05, 3.63) is 59.7 Å². The Hall–Kier alpha value is -3.33. The molecule has 1 aromatic heterocycles. The van der Waals surface area contributed by atoms with Crippen molar-refractivity contribution in [3.63, 3.8) is 0 Å². The van der Waals surface area contributed by atoms with Gasteiger partial charge in [-0.2, -0.15) is 0 Å². The molecule has 1 fully saturated rings. The molecule has 9 heteroatoms. The zero-order valence-corrected chi connectivity index (χ0v) is 18.9. The first-order valence-corrected chi connectivity index (χ1v) is 11.5. The molecule has 0 bridgehead atoms. The van der Waals surface area contributed by atoms with Crippen molar-refractivity contribution in [2.24, 2.45) is 0 Å². The Balaban J connectivity index is 1.34. The van der Waals surface area contributed by atoms with E-state index in [9.17, 15) is 9.59 Å². The lowest BCUT2D eigenvalue weighted by molar-refractivity contribution is -0.118. The lowest BCUT2D eigenvalue weighted by Crippen LogP contribution is -2.26. The van der Waals surface area contributed by atoms with E-state index in [4.69, 9.17) is 4.74 Å². The number of carbonyl (C=O) groups is 2. The third kappa shape index (κ3) is 4.94. The number of carbonyl (C=O) groups excluding carboxylic acids is 2. The van der Waals surface area contributed by atoms with E-state index in [1.54, 1.807) is 4.90 Å². The van der Waals surface area contributed by atoms with Gasteiger partial charge in [0.15, 0.2) is 11.0 Å². The van der Waals surface area contributed by atoms with Crippen molar-refractivity contribution in [1.82, 2.24) is 20.1 Å². The molecule has 1 aliphatic heterocycles. The Labute approximate surface area is 191 Å². The Morgan fingerprint density at radius 3 is 2.78 bits per heavy atom. The summed E-state index contributed by atoms with van der Waals surface area (Å²) in [7, 11) is 0. The quantitative estimate of drug-likeness (QED) is 0.526. The van der Waals surface area contributed by atoms with Gasteiger partial charge in [-0.25, -0.2) is 4.79 Å². The van der Waals surface area contributed by atoms with Gasteiger partial charge in [-0.05, 0) is 37.6 Å². The van der Waals surface area contributed by atoms with Gasteiger partial charge in [0.1, 0.15) is 6.61 Å². The van der Waals surface area contributed by atoms with Crippen LogP contribution in [-0.4, -0.2) is 45.7 Å². The van der Waals surface area contributed by atoms with Crippen LogP contribution in [0.4, 0.5) is 10.5 Å². The molecule has 0 atom stereocenters. The highest BCUT2D eigenvalue weighted by atomic mass is 32.2. The van der Waals surface area contributed by atoms with Gasteiger partial charge in [-0.3, -0.25) is 9.69 Å². The minimum Gasteiger partial charge on any atom is -0.447 e. The number of thioether (sulfide) groups is 1. The third-order valence-electron chi connectivity index (χ3n) is 5.11. The van der Waals surface area contributed by atoms with Gasteiger partial charge in [-0.15, -0.1) is 10.2 Å². The third-order valence-corrected chi connectivity index (χ3v) is 6.08. The van der Waals surface area contributed by atoms with Crippen LogP contribution in [0.5, 0.6) is 0 Å². The maximum absolute atomic E-state index is 12.4. The van der Waals surface area contributed by atoms with Crippen LogP contribution in [0.15, 0.2) is 53.7 Å². The standard InChI is InChI=1S/C23H25N5O3S/c1-3-27-21(18-8-4-6-16(2)12-18)25-26-22(27)32-15-20(29)24-14-17-7-5-9-19(13-17)28-10-11-31-23(28)30/h4-9,12-13H,3,10-11,14-15H2,1-2H3,(H,24,29). The molecule has 8 nitrogen and oxygen atoms in total. The molecule has 1 aliphatic rings. The Morgan fingerprint density at radius 1 is 1.19 bits per heavy atom. The maximum atomic E-state index is 12.4. The first-order valence-electron chi connectivity index (χ1n) is 10.5. The van der Waals surface area contributed by atoms with Crippen LogP contribution in [0.2, 0.25) is 0 Å². The predicted molar refractivity (Wildman–Crippen MR) is 124 cm³/mol. The normalized spacial score (nSPS) is 13.3. The Morgan fingerprint density at radius 2 is 2.03 bits per heavy atom. The predicted octanol–water partition coefficient (Wildman–Crippen LogP) is 3.64. The SMILES string of the molecule is CCn1c(SCC(=O)NCc2cccc(N3CCOC3=O)c2)nnc1-c1cccc(C)c1. The van der Waals surface area contributed by atoms with Gasteiger partial charge in [0.05, 0.1) is 12.3 Å². The average Bonchev–Trinajstić information content (AvgIpc) is 3.42. The monoisotopic (exact) mass is 451 g/mol. The summed E-state index contributed by atoms with van der Waals surface area (Å²) in [5.74, 6) is 0.949. The van der Waals surface area contributed by atoms with Crippen LogP contribution in [0.1, 0.15) is 18.1 Å². The fourth-order valence-electron chi connectivity index (χ4n) is 3.52. The van der Waals surface area contributed by atoms with E-state index < -0.39 is 0 Å². The molecule has 2 heterocycles. The molecule has 1 N–H and O–H groups in total. The molecule has 0 aliphatic carbocycles. The number of amides is 2. The van der Waals surface area contributed by atoms with Crippen LogP contribution in [0.3, 0.4) is 0 Å². The highest BCUT2D eigenvalue weighted by Gasteiger charge is 2.23. The van der Waals surface area contributed by atoms with Gasteiger partial charge >= 0.3 is 6.09 Å². The van der Waals surface area contributed by atoms with Crippen molar-refractivity contribution < 1.29 is 14.3 Å². The number of aryl methyl sites for hydroxylation is 1. The van der Waals surface area contributed by atoms with E-state index in [2.05, 4.69) is 21.6 Å². The number of ether oxygens (including phenoxy) is 1. The van der Waals surface area contributed by atoms with E-state index >= 15 is 0 Å². The van der Waals surface area contributed by atoms with Crippen LogP contribution >= 0.6 is 11.8 Å². The fourth-order valence-corrected chi connectivity index (χ4v) is 4.35. The van der Waals surface area contributed by atoms with Gasteiger partial charge in [0.25, 0.3) is 0 Å². The first-order chi connectivity index (χ1) is 15.5. The number of benzene rings is 2. The van der Waals surface area contributed by atoms with Gasteiger partial charge in [0, 0.05) is 24.3 Å². The first kappa shape index (κ1) is 21.9. The summed E-state index contributed by atoms with van der Waals surface area (Å²) < 4.78 is 7.01. The molecule has 4 rings (SSSR count). The summed E-state index contributed by atoms with van der Waals surface area (Å²) in [5, 5.41) is 12.3. The van der Waals surface area contributed by atoms with Crippen molar-refractivity contribution in [1.29, 1.82) is 0 Å². The van der Waals surface area contributed by atoms with Crippen LogP contribution < -0.4 is 10.2 Å². The minimum atomic E-state index is -0.340. The average molecular weight is 452 g/mol. The topological polar surface area (TPSA) is 89.4 Å². The van der Waals surface area contributed by atoms with E-state index in [-0.39, 0.29) is 17.8 Å². The second-order valence-corrected chi connectivity index (χ2v) is 8.36. The summed E-state index contributed by atoms with van der Waals surface area (Å²) in [6.45, 7) is 6.11. The Kier molecular flexibility index (Phi) is 6.75. The Bertz CT molecular complexity index is 1130. The molecular weight excluding hydrogens is 426 g/mol. The fraction of sp³-hybridized carbons (Fsp3) is 0.304. The highest BCUT2D eigenvalue weighted by molar-refractivity contribution is 7.99. The number of aromatic nitrogens is 3. The number of nitrogens with zero attached hydrogens (tertiary/aromatic N) is 4. The summed E-state index contributed by atoms with van der Waals surface area (Å²) >= 11 is 1.37. The molecule has 2 aromatic carbocycles. The van der Waals surface area contributed by atoms with Crippen molar-refractivity contribution in [3.8, 4) is 11.4 Å². The minimum absolute atomic E-state index is 0.0938. The smallest absolute Gasteiger partial charge is 0.414 e. The molecule has 166 valence electrons. The van der Waals surface area contributed by atoms with E-state index in [1.807, 2.05) is 60.9 Å². The zero-order valence-electron chi connectivity index (χ0n) is 18.1. The van der Waals surface area contributed by atoms with E-state index in [0.717, 1.165) is 28.2 Å².